The van der Waals surface area contributed by atoms with Crippen LogP contribution in [0.4, 0.5) is 0 Å². The van der Waals surface area contributed by atoms with Crippen LogP contribution in [0, 0.1) is 13.8 Å². The molecule has 0 aliphatic heterocycles. The first-order valence-corrected chi connectivity index (χ1v) is 12.8. The maximum atomic E-state index is 6.42. The number of benzene rings is 2. The Hall–Kier alpha value is -2.79. The van der Waals surface area contributed by atoms with Gasteiger partial charge in [-0.15, -0.1) is 0 Å². The highest BCUT2D eigenvalue weighted by atomic mass is 16.6. The highest BCUT2D eigenvalue weighted by Gasteiger charge is 2.24. The van der Waals surface area contributed by atoms with E-state index in [1.165, 1.54) is 5.56 Å². The lowest BCUT2D eigenvalue weighted by molar-refractivity contribution is -0.00682. The zero-order chi connectivity index (χ0) is 25.6. The summed E-state index contributed by atoms with van der Waals surface area (Å²) >= 11 is 0. The van der Waals surface area contributed by atoms with Crippen molar-refractivity contribution in [2.24, 2.45) is 5.16 Å². The number of allylic oxidation sites excluding steroid dienone is 1. The Morgan fingerprint density at radius 3 is 2.14 bits per heavy atom. The summed E-state index contributed by atoms with van der Waals surface area (Å²) in [7, 11) is 1.56. The third-order valence-electron chi connectivity index (χ3n) is 6.01. The lowest BCUT2D eigenvalue weighted by Crippen LogP contribution is -2.28. The van der Waals surface area contributed by atoms with Gasteiger partial charge < -0.3 is 19.0 Å². The van der Waals surface area contributed by atoms with Gasteiger partial charge >= 0.3 is 0 Å². The molecule has 35 heavy (non-hydrogen) atoms. The topological polar surface area (TPSA) is 49.3 Å². The van der Waals surface area contributed by atoms with E-state index in [0.717, 1.165) is 59.6 Å². The molecule has 2 aromatic carbocycles. The Bertz CT molecular complexity index is 918. The summed E-state index contributed by atoms with van der Waals surface area (Å²) in [6.45, 7) is 13.3. The van der Waals surface area contributed by atoms with Crippen molar-refractivity contribution in [3.05, 3.63) is 70.8 Å². The molecule has 0 heterocycles. The van der Waals surface area contributed by atoms with Gasteiger partial charge in [-0.25, -0.2) is 0 Å². The van der Waals surface area contributed by atoms with Crippen LogP contribution in [-0.4, -0.2) is 31.6 Å². The first-order chi connectivity index (χ1) is 17.0. The van der Waals surface area contributed by atoms with E-state index in [-0.39, 0.29) is 12.2 Å². The summed E-state index contributed by atoms with van der Waals surface area (Å²) < 4.78 is 18.4. The number of oxime groups is 1. The van der Waals surface area contributed by atoms with Crippen LogP contribution in [0.2, 0.25) is 0 Å². The summed E-state index contributed by atoms with van der Waals surface area (Å²) in [5, 5.41) is 3.98. The molecule has 5 nitrogen and oxygen atoms in total. The van der Waals surface area contributed by atoms with Gasteiger partial charge in [0, 0.05) is 0 Å². The van der Waals surface area contributed by atoms with E-state index >= 15 is 0 Å². The molecule has 1 aliphatic carbocycles. The molecular formula is C30H43NO4. The third-order valence-corrected chi connectivity index (χ3v) is 6.01. The number of hydrogen-bond donors (Lipinski definition) is 0. The molecule has 1 aliphatic rings. The fourth-order valence-electron chi connectivity index (χ4n) is 4.15. The van der Waals surface area contributed by atoms with Crippen molar-refractivity contribution in [2.75, 3.05) is 13.7 Å². The molecule has 0 unspecified atom stereocenters. The van der Waals surface area contributed by atoms with Crippen LogP contribution in [0.25, 0.3) is 0 Å². The minimum absolute atomic E-state index is 0.236. The molecule has 192 valence electrons. The first-order valence-electron chi connectivity index (χ1n) is 12.8. The smallest absolute Gasteiger partial charge is 0.125 e. The van der Waals surface area contributed by atoms with Crippen molar-refractivity contribution in [3.63, 3.8) is 0 Å². The van der Waals surface area contributed by atoms with E-state index in [1.54, 1.807) is 7.11 Å². The molecular weight excluding hydrogens is 438 g/mol. The Morgan fingerprint density at radius 1 is 0.971 bits per heavy atom. The number of rotatable bonds is 10. The van der Waals surface area contributed by atoms with E-state index < -0.39 is 0 Å². The van der Waals surface area contributed by atoms with Crippen molar-refractivity contribution in [3.8, 4) is 11.5 Å². The second-order valence-electron chi connectivity index (χ2n) is 8.65. The molecule has 0 aromatic heterocycles. The average Bonchev–Trinajstić information content (AvgIpc) is 2.87. The Kier molecular flexibility index (Phi) is 12.4. The van der Waals surface area contributed by atoms with Crippen LogP contribution < -0.4 is 9.47 Å². The van der Waals surface area contributed by atoms with Crippen molar-refractivity contribution < 1.29 is 19.0 Å². The van der Waals surface area contributed by atoms with E-state index in [0.29, 0.717) is 13.2 Å². The summed E-state index contributed by atoms with van der Waals surface area (Å²) in [4.78, 5) is 4.84. The molecule has 2 aromatic rings. The van der Waals surface area contributed by atoms with E-state index in [1.807, 2.05) is 39.8 Å². The molecule has 0 saturated heterocycles. The molecule has 0 amide bonds. The fourth-order valence-corrected chi connectivity index (χ4v) is 4.15. The lowest BCUT2D eigenvalue weighted by Gasteiger charge is -2.30. The largest absolute Gasteiger partial charge is 0.490 e. The molecule has 1 saturated carbocycles. The van der Waals surface area contributed by atoms with Gasteiger partial charge in [0.1, 0.15) is 25.2 Å². The Labute approximate surface area is 212 Å². The molecule has 0 bridgehead atoms. The standard InChI is InChI=1S/C28H37NO4.C2H6/c1-6-7-16-31-27-17-20(2)28(21(3)18-27)33-26-14-12-25(13-15-26)32-19-23-8-10-24(11-9-23)22(4)29-30-5;1-2/h6-11,17-18,25-26H,12-16,19H2,1-5H3;1-2H3/b7-6+,29-22-;. The van der Waals surface area contributed by atoms with Gasteiger partial charge in [-0.1, -0.05) is 55.4 Å². The van der Waals surface area contributed by atoms with Crippen LogP contribution in [0.15, 0.2) is 53.7 Å². The van der Waals surface area contributed by atoms with E-state index in [2.05, 4.69) is 55.4 Å². The minimum atomic E-state index is 0.236. The highest BCUT2D eigenvalue weighted by molar-refractivity contribution is 5.98. The molecule has 0 spiro atoms. The van der Waals surface area contributed by atoms with Gasteiger partial charge in [0.25, 0.3) is 0 Å². The minimum Gasteiger partial charge on any atom is -0.490 e. The van der Waals surface area contributed by atoms with Crippen molar-refractivity contribution in [2.45, 2.75) is 86.0 Å². The first kappa shape index (κ1) is 28.4. The van der Waals surface area contributed by atoms with Gasteiger partial charge in [-0.05, 0) is 87.8 Å². The van der Waals surface area contributed by atoms with E-state index in [4.69, 9.17) is 19.0 Å². The normalized spacial score (nSPS) is 18.1. The quantitative estimate of drug-likeness (QED) is 0.200. The van der Waals surface area contributed by atoms with Gasteiger partial charge in [0.2, 0.25) is 0 Å². The SMILES string of the molecule is C/C=C/COc1cc(C)c(OC2CCC(OCc3ccc(/C(C)=N\OC)cc3)CC2)c(C)c1.CC. The van der Waals surface area contributed by atoms with Crippen molar-refractivity contribution in [1.29, 1.82) is 0 Å². The van der Waals surface area contributed by atoms with Crippen LogP contribution in [0.3, 0.4) is 0 Å². The average molecular weight is 482 g/mol. The second kappa shape index (κ2) is 15.3. The number of ether oxygens (including phenoxy) is 3. The number of nitrogens with zero attached hydrogens (tertiary/aromatic N) is 1. The molecule has 0 radical (unpaired) electrons. The second-order valence-corrected chi connectivity index (χ2v) is 8.65. The lowest BCUT2D eigenvalue weighted by atomic mass is 9.94. The Balaban J connectivity index is 0.00000210. The van der Waals surface area contributed by atoms with E-state index in [9.17, 15) is 0 Å². The fraction of sp³-hybridized carbons (Fsp3) is 0.500. The summed E-state index contributed by atoms with van der Waals surface area (Å²) in [5.74, 6) is 1.88. The molecule has 3 rings (SSSR count). The molecule has 5 heteroatoms. The number of aryl methyl sites for hydroxylation is 2. The van der Waals surface area contributed by atoms with Crippen LogP contribution >= 0.6 is 0 Å². The molecule has 0 N–H and O–H groups in total. The third kappa shape index (κ3) is 9.06. The van der Waals surface area contributed by atoms with Gasteiger partial charge in [0.05, 0.1) is 24.5 Å². The molecule has 0 atom stereocenters. The van der Waals surface area contributed by atoms with Crippen molar-refractivity contribution in [1.82, 2.24) is 0 Å². The van der Waals surface area contributed by atoms with Crippen LogP contribution in [0.5, 0.6) is 11.5 Å². The highest BCUT2D eigenvalue weighted by Crippen LogP contribution is 2.32. The maximum Gasteiger partial charge on any atom is 0.125 e. The maximum absolute atomic E-state index is 6.42. The zero-order valence-corrected chi connectivity index (χ0v) is 22.6. The summed E-state index contributed by atoms with van der Waals surface area (Å²) in [5.41, 5.74) is 5.34. The summed E-state index contributed by atoms with van der Waals surface area (Å²) in [6.07, 6.45) is 8.57. The zero-order valence-electron chi connectivity index (χ0n) is 22.6. The van der Waals surface area contributed by atoms with Crippen molar-refractivity contribution >= 4 is 5.71 Å². The van der Waals surface area contributed by atoms with Gasteiger partial charge in [0.15, 0.2) is 0 Å². The van der Waals surface area contributed by atoms with Gasteiger partial charge in [-0.3, -0.25) is 0 Å². The Morgan fingerprint density at radius 2 is 1.57 bits per heavy atom. The molecule has 1 fully saturated rings. The van der Waals surface area contributed by atoms with Crippen LogP contribution in [0.1, 0.15) is 75.6 Å². The predicted octanol–water partition coefficient (Wildman–Crippen LogP) is 7.56. The predicted molar refractivity (Wildman–Crippen MR) is 145 cm³/mol. The van der Waals surface area contributed by atoms with Gasteiger partial charge in [-0.2, -0.15) is 0 Å². The monoisotopic (exact) mass is 481 g/mol. The van der Waals surface area contributed by atoms with Crippen LogP contribution in [-0.2, 0) is 16.2 Å². The number of hydrogen-bond acceptors (Lipinski definition) is 5. The summed E-state index contributed by atoms with van der Waals surface area (Å²) in [6, 6.07) is 12.4.